The monoisotopic (exact) mass is 325 g/mol. The molecule has 0 amide bonds. The molecule has 0 aromatic heterocycles. The first-order chi connectivity index (χ1) is 9.93. The molecule has 0 spiro atoms. The highest BCUT2D eigenvalue weighted by atomic mass is 35.5. The maximum Gasteiger partial charge on any atom is 0.365 e. The van der Waals surface area contributed by atoms with Crippen LogP contribution in [0.5, 0.6) is 0 Å². The van der Waals surface area contributed by atoms with Crippen LogP contribution in [0, 0.1) is 0 Å². The van der Waals surface area contributed by atoms with Gasteiger partial charge in [-0.25, -0.2) is 4.79 Å². The van der Waals surface area contributed by atoms with E-state index in [1.165, 1.54) is 0 Å². The van der Waals surface area contributed by atoms with Crippen LogP contribution in [0.3, 0.4) is 0 Å². The largest absolute Gasteiger partial charge is 0.365 e. The van der Waals surface area contributed by atoms with E-state index in [-0.39, 0.29) is 5.78 Å². The maximum absolute atomic E-state index is 11.8. The molecule has 2 unspecified atom stereocenters. The van der Waals surface area contributed by atoms with E-state index in [1.54, 1.807) is 44.2 Å². The van der Waals surface area contributed by atoms with Gasteiger partial charge >= 0.3 is 5.97 Å². The Morgan fingerprint density at radius 3 is 2.33 bits per heavy atom. The van der Waals surface area contributed by atoms with Crippen molar-refractivity contribution < 1.29 is 14.4 Å². The van der Waals surface area contributed by atoms with Crippen molar-refractivity contribution in [1.82, 2.24) is 0 Å². The number of oxime groups is 1. The molecule has 0 fully saturated rings. The lowest BCUT2D eigenvalue weighted by molar-refractivity contribution is -0.115. The summed E-state index contributed by atoms with van der Waals surface area (Å²) in [5.74, 6) is -0.831. The van der Waals surface area contributed by atoms with E-state index in [9.17, 15) is 9.59 Å². The molecule has 21 heavy (non-hydrogen) atoms. The summed E-state index contributed by atoms with van der Waals surface area (Å²) < 4.78 is 0. The minimum absolute atomic E-state index is 0.234. The minimum atomic E-state index is -0.912. The molecule has 1 aromatic rings. The van der Waals surface area contributed by atoms with Gasteiger partial charge < -0.3 is 4.84 Å². The van der Waals surface area contributed by atoms with Crippen molar-refractivity contribution in [3.63, 3.8) is 0 Å². The molecule has 1 aromatic carbocycles. The van der Waals surface area contributed by atoms with Crippen molar-refractivity contribution in [1.29, 1.82) is 0 Å². The summed E-state index contributed by atoms with van der Waals surface area (Å²) in [6.07, 6.45) is 0. The molecule has 1 aliphatic carbocycles. The van der Waals surface area contributed by atoms with Gasteiger partial charge in [0.2, 0.25) is 0 Å². The molecule has 6 heteroatoms. The van der Waals surface area contributed by atoms with Crippen LogP contribution in [0.25, 0.3) is 0 Å². The zero-order valence-corrected chi connectivity index (χ0v) is 13.0. The number of halogens is 2. The highest BCUT2D eigenvalue weighted by Gasteiger charge is 2.37. The van der Waals surface area contributed by atoms with Gasteiger partial charge in [0.15, 0.2) is 5.78 Å². The van der Waals surface area contributed by atoms with Crippen LogP contribution in [0.4, 0.5) is 0 Å². The van der Waals surface area contributed by atoms with Gasteiger partial charge in [-0.05, 0) is 37.1 Å². The van der Waals surface area contributed by atoms with Gasteiger partial charge in [0.25, 0.3) is 0 Å². The Kier molecular flexibility index (Phi) is 4.80. The van der Waals surface area contributed by atoms with Crippen molar-refractivity contribution in [3.05, 3.63) is 47.0 Å². The van der Waals surface area contributed by atoms with Gasteiger partial charge in [0.1, 0.15) is 16.5 Å². The number of ketones is 1. The predicted octanol–water partition coefficient (Wildman–Crippen LogP) is 3.33. The van der Waals surface area contributed by atoms with Crippen LogP contribution in [0.2, 0.25) is 0 Å². The van der Waals surface area contributed by atoms with Gasteiger partial charge in [-0.2, -0.15) is 0 Å². The number of nitrogens with zero attached hydrogens (tertiary/aromatic N) is 1. The highest BCUT2D eigenvalue weighted by Crippen LogP contribution is 2.27. The Morgan fingerprint density at radius 2 is 1.71 bits per heavy atom. The Labute approximate surface area is 132 Å². The summed E-state index contributed by atoms with van der Waals surface area (Å²) in [7, 11) is 0. The number of carbonyl (C=O) groups excluding carboxylic acids is 2. The number of hydrogen-bond acceptors (Lipinski definition) is 4. The number of hydrogen-bond donors (Lipinski definition) is 0. The Balaban J connectivity index is 2.24. The van der Waals surface area contributed by atoms with Crippen molar-refractivity contribution in [2.75, 3.05) is 0 Å². The third-order valence-electron chi connectivity index (χ3n) is 3.32. The first kappa shape index (κ1) is 15.7. The van der Waals surface area contributed by atoms with Crippen LogP contribution < -0.4 is 0 Å². The lowest BCUT2D eigenvalue weighted by atomic mass is 9.90. The predicted molar refractivity (Wildman–Crippen MR) is 82.0 cm³/mol. The summed E-state index contributed by atoms with van der Waals surface area (Å²) in [6, 6.07) is 8.46. The van der Waals surface area contributed by atoms with Crippen LogP contribution in [-0.4, -0.2) is 28.2 Å². The normalized spacial score (nSPS) is 24.4. The van der Waals surface area contributed by atoms with Crippen molar-refractivity contribution in [3.8, 4) is 0 Å². The quantitative estimate of drug-likeness (QED) is 0.476. The first-order valence-electron chi connectivity index (χ1n) is 6.28. The molecule has 2 rings (SSSR count). The Bertz CT molecular complexity index is 638. The molecular formula is C15H13Cl2NO3. The average Bonchev–Trinajstić information content (AvgIpc) is 2.51. The van der Waals surface area contributed by atoms with E-state index < -0.39 is 16.7 Å². The molecule has 0 bridgehead atoms. The number of allylic oxidation sites excluding steroid dienone is 2. The van der Waals surface area contributed by atoms with Gasteiger partial charge in [0.05, 0.1) is 5.56 Å². The molecule has 2 atom stereocenters. The van der Waals surface area contributed by atoms with Crippen LogP contribution >= 0.6 is 23.2 Å². The number of alkyl halides is 2. The maximum atomic E-state index is 11.8. The fraction of sp³-hybridized carbons (Fsp3) is 0.267. The molecule has 0 heterocycles. The second kappa shape index (κ2) is 6.41. The van der Waals surface area contributed by atoms with Crippen molar-refractivity contribution in [2.24, 2.45) is 5.16 Å². The second-order valence-corrected chi connectivity index (χ2v) is 5.58. The molecule has 4 nitrogen and oxygen atoms in total. The lowest BCUT2D eigenvalue weighted by Gasteiger charge is -2.24. The molecular weight excluding hydrogens is 313 g/mol. The van der Waals surface area contributed by atoms with Crippen LogP contribution in [0.15, 0.2) is 46.6 Å². The van der Waals surface area contributed by atoms with Crippen LogP contribution in [0.1, 0.15) is 24.2 Å². The SMILES string of the molecule is CC1=C(C)/C(=N/OC(=O)c2ccccc2)C(Cl)C(Cl)C1=O. The van der Waals surface area contributed by atoms with E-state index in [4.69, 9.17) is 28.0 Å². The summed E-state index contributed by atoms with van der Waals surface area (Å²) >= 11 is 12.1. The second-order valence-electron chi connectivity index (χ2n) is 4.64. The third-order valence-corrected chi connectivity index (χ3v) is 4.36. The lowest BCUT2D eigenvalue weighted by Crippen LogP contribution is -2.38. The molecule has 0 saturated carbocycles. The molecule has 110 valence electrons. The standard InChI is InChI=1S/C15H13Cl2NO3/c1-8-9(2)14(19)12(17)11(16)13(8)18-21-15(20)10-6-4-3-5-7-10/h3-7,11-12H,1-2H3/b18-13-. The van der Waals surface area contributed by atoms with Gasteiger partial charge in [-0.3, -0.25) is 4.79 Å². The summed E-state index contributed by atoms with van der Waals surface area (Å²) in [5, 5.41) is 2.06. The summed E-state index contributed by atoms with van der Waals surface area (Å²) in [4.78, 5) is 28.6. The summed E-state index contributed by atoms with van der Waals surface area (Å²) in [5.41, 5.74) is 1.73. The molecule has 1 aliphatic rings. The van der Waals surface area contributed by atoms with E-state index in [0.717, 1.165) is 0 Å². The fourth-order valence-corrected chi connectivity index (χ4v) is 2.50. The molecule has 0 saturated heterocycles. The number of Topliss-reactive ketones (excluding diaryl/α,β-unsaturated/α-hetero) is 1. The molecule has 0 N–H and O–H groups in total. The number of benzene rings is 1. The molecule has 0 radical (unpaired) electrons. The van der Waals surface area contributed by atoms with Crippen LogP contribution in [-0.2, 0) is 9.63 Å². The first-order valence-corrected chi connectivity index (χ1v) is 7.15. The Morgan fingerprint density at radius 1 is 1.10 bits per heavy atom. The third kappa shape index (κ3) is 3.17. The smallest absolute Gasteiger partial charge is 0.312 e. The van der Waals surface area contributed by atoms with E-state index in [2.05, 4.69) is 5.16 Å². The van der Waals surface area contributed by atoms with Gasteiger partial charge in [0, 0.05) is 0 Å². The van der Waals surface area contributed by atoms with E-state index in [0.29, 0.717) is 22.4 Å². The minimum Gasteiger partial charge on any atom is -0.312 e. The fourth-order valence-electron chi connectivity index (χ4n) is 1.90. The van der Waals surface area contributed by atoms with Crippen molar-refractivity contribution >= 4 is 40.7 Å². The zero-order valence-electron chi connectivity index (χ0n) is 11.5. The topological polar surface area (TPSA) is 55.7 Å². The average molecular weight is 326 g/mol. The Hall–Kier alpha value is -1.65. The van der Waals surface area contributed by atoms with Crippen molar-refractivity contribution in [2.45, 2.75) is 24.6 Å². The van der Waals surface area contributed by atoms with Gasteiger partial charge in [-0.15, -0.1) is 23.2 Å². The van der Waals surface area contributed by atoms with E-state index in [1.807, 2.05) is 0 Å². The van der Waals surface area contributed by atoms with Gasteiger partial charge in [-0.1, -0.05) is 23.4 Å². The summed E-state index contributed by atoms with van der Waals surface area (Å²) in [6.45, 7) is 3.34. The molecule has 0 aliphatic heterocycles. The highest BCUT2D eigenvalue weighted by molar-refractivity contribution is 6.48. The number of carbonyl (C=O) groups is 2. The zero-order chi connectivity index (χ0) is 15.6. The van der Waals surface area contributed by atoms with E-state index >= 15 is 0 Å². The number of rotatable bonds is 2.